The maximum atomic E-state index is 11.0. The fourth-order valence-electron chi connectivity index (χ4n) is 12.2. The molecule has 0 aliphatic heterocycles. The van der Waals surface area contributed by atoms with Crippen molar-refractivity contribution in [1.82, 2.24) is 23.7 Å². The molecule has 4 heterocycles. The summed E-state index contributed by atoms with van der Waals surface area (Å²) in [6.45, 7) is 0. The van der Waals surface area contributed by atoms with E-state index in [1.54, 1.807) is 24.3 Å². The summed E-state index contributed by atoms with van der Waals surface area (Å²) in [6, 6.07) is 93.1. The molecule has 0 saturated heterocycles. The topological polar surface area (TPSA) is 136 Å². The molecule has 15 aromatic rings. The Morgan fingerprint density at radius 3 is 1.11 bits per heavy atom. The first kappa shape index (κ1) is 48.0. The Morgan fingerprint density at radius 1 is 0.265 bits per heavy atom. The van der Waals surface area contributed by atoms with Crippen LogP contribution in [-0.4, -0.2) is 23.7 Å². The summed E-state index contributed by atoms with van der Waals surface area (Å²) in [7, 11) is 0. The third-order valence-corrected chi connectivity index (χ3v) is 16.0. The number of nitriles is 4. The molecule has 0 N–H and O–H groups in total. The van der Waals surface area contributed by atoms with Gasteiger partial charge in [0.25, 0.3) is 0 Å². The molecule has 0 spiro atoms. The van der Waals surface area contributed by atoms with E-state index < -0.39 is 0 Å². The number of para-hydroxylation sites is 4. The maximum absolute atomic E-state index is 11.0. The van der Waals surface area contributed by atoms with Crippen LogP contribution in [0.5, 0.6) is 0 Å². The lowest BCUT2D eigenvalue weighted by Crippen LogP contribution is -2.00. The largest absolute Gasteiger partial charge is 0.309 e. The van der Waals surface area contributed by atoms with Gasteiger partial charge in [-0.3, -0.25) is 0 Å². The number of fused-ring (bicyclic) bond motifs is 9. The number of nitrogens with zero attached hydrogens (tertiary/aromatic N) is 9. The van der Waals surface area contributed by atoms with Gasteiger partial charge in [-0.2, -0.15) is 21.0 Å². The van der Waals surface area contributed by atoms with Gasteiger partial charge in [-0.05, 0) is 120 Å². The van der Waals surface area contributed by atoms with Crippen molar-refractivity contribution >= 4 is 65.4 Å². The Bertz CT molecular complexity index is 4990. The Morgan fingerprint density at radius 2 is 0.651 bits per heavy atom. The molecule has 0 atom stereocenters. The van der Waals surface area contributed by atoms with Gasteiger partial charge in [0.2, 0.25) is 0 Å². The van der Waals surface area contributed by atoms with Crippen molar-refractivity contribution in [1.29, 1.82) is 21.0 Å². The molecule has 9 heteroatoms. The van der Waals surface area contributed by atoms with Gasteiger partial charge < -0.3 is 13.7 Å². The van der Waals surface area contributed by atoms with Gasteiger partial charge in [-0.25, -0.2) is 9.97 Å². The summed E-state index contributed by atoms with van der Waals surface area (Å²) in [5, 5.41) is 48.2. The molecular formula is C74H41N9. The first-order valence-electron chi connectivity index (χ1n) is 27.1. The number of hydrogen-bond acceptors (Lipinski definition) is 6. The number of hydrogen-bond donors (Lipinski definition) is 0. The normalized spacial score (nSPS) is 11.3. The zero-order valence-corrected chi connectivity index (χ0v) is 44.2. The van der Waals surface area contributed by atoms with Gasteiger partial charge in [0, 0.05) is 71.6 Å². The van der Waals surface area contributed by atoms with E-state index in [4.69, 9.17) is 9.97 Å². The molecule has 15 rings (SSSR count). The SMILES string of the molecule is N#Cc1cccc(-c2cc(-c3ccc(-c4ccc(-c5c(C#N)cc(-n6c7ccc(-n8c9ccccc9c9ccccc98)cc7c7cc(-n8c9ccccc9c9ccccc98)ccc76)cc5C#N)cc4)cc3)nc(-c3cccc(C#N)c3)n2)c1. The highest BCUT2D eigenvalue weighted by Crippen LogP contribution is 2.42. The van der Waals surface area contributed by atoms with Crippen LogP contribution < -0.4 is 0 Å². The molecule has 0 amide bonds. The van der Waals surface area contributed by atoms with E-state index in [2.05, 4.69) is 171 Å². The van der Waals surface area contributed by atoms with Crippen LogP contribution in [0.2, 0.25) is 0 Å². The highest BCUT2D eigenvalue weighted by atomic mass is 15.0. The fraction of sp³-hybridized carbons (Fsp3) is 0. The maximum Gasteiger partial charge on any atom is 0.160 e. The van der Waals surface area contributed by atoms with Crippen molar-refractivity contribution in [2.45, 2.75) is 0 Å². The van der Waals surface area contributed by atoms with Crippen molar-refractivity contribution in [2.24, 2.45) is 0 Å². The van der Waals surface area contributed by atoms with E-state index in [1.807, 2.05) is 91.0 Å². The molecule has 83 heavy (non-hydrogen) atoms. The molecule has 0 fully saturated rings. The van der Waals surface area contributed by atoms with E-state index in [1.165, 1.54) is 21.5 Å². The molecule has 382 valence electrons. The molecule has 11 aromatic carbocycles. The highest BCUT2D eigenvalue weighted by Gasteiger charge is 2.22. The minimum atomic E-state index is 0.386. The average Bonchev–Trinajstić information content (AvgIpc) is 2.55. The minimum absolute atomic E-state index is 0.386. The third kappa shape index (κ3) is 7.90. The third-order valence-electron chi connectivity index (χ3n) is 16.0. The van der Waals surface area contributed by atoms with Crippen molar-refractivity contribution in [3.8, 4) is 97.5 Å². The lowest BCUT2D eigenvalue weighted by Gasteiger charge is -2.14. The van der Waals surface area contributed by atoms with E-state index >= 15 is 0 Å². The lowest BCUT2D eigenvalue weighted by atomic mass is 9.92. The first-order chi connectivity index (χ1) is 40.9. The number of benzene rings is 11. The van der Waals surface area contributed by atoms with Crippen LogP contribution >= 0.6 is 0 Å². The van der Waals surface area contributed by atoms with Gasteiger partial charge in [0.15, 0.2) is 5.82 Å². The van der Waals surface area contributed by atoms with Crippen LogP contribution in [0.25, 0.3) is 139 Å². The lowest BCUT2D eigenvalue weighted by molar-refractivity contribution is 1.16. The van der Waals surface area contributed by atoms with Crippen LogP contribution in [0.3, 0.4) is 0 Å². The van der Waals surface area contributed by atoms with Crippen LogP contribution in [0, 0.1) is 45.3 Å². The fourth-order valence-corrected chi connectivity index (χ4v) is 12.2. The second kappa shape index (κ2) is 19.3. The van der Waals surface area contributed by atoms with E-state index in [0.717, 1.165) is 83.1 Å². The minimum Gasteiger partial charge on any atom is -0.309 e. The monoisotopic (exact) mass is 1060 g/mol. The molecule has 4 aromatic heterocycles. The summed E-state index contributed by atoms with van der Waals surface area (Å²) in [4.78, 5) is 9.86. The molecule has 0 bridgehead atoms. The highest BCUT2D eigenvalue weighted by molar-refractivity contribution is 6.14. The molecule has 0 unspecified atom stereocenters. The van der Waals surface area contributed by atoms with Crippen molar-refractivity contribution in [3.63, 3.8) is 0 Å². The summed E-state index contributed by atoms with van der Waals surface area (Å²) in [5.74, 6) is 0.461. The summed E-state index contributed by atoms with van der Waals surface area (Å²) in [5.41, 5.74) is 17.8. The molecule has 0 saturated carbocycles. The Hall–Kier alpha value is -12.1. The van der Waals surface area contributed by atoms with Crippen LogP contribution in [-0.2, 0) is 0 Å². The van der Waals surface area contributed by atoms with E-state index in [-0.39, 0.29) is 0 Å². The van der Waals surface area contributed by atoms with Crippen LogP contribution in [0.1, 0.15) is 22.3 Å². The van der Waals surface area contributed by atoms with Crippen molar-refractivity contribution in [3.05, 3.63) is 271 Å². The average molecular weight is 1060 g/mol. The van der Waals surface area contributed by atoms with Gasteiger partial charge >= 0.3 is 0 Å². The molecule has 9 nitrogen and oxygen atoms in total. The molecular weight excluding hydrogens is 1010 g/mol. The van der Waals surface area contributed by atoms with Crippen LogP contribution in [0.4, 0.5) is 0 Å². The summed E-state index contributed by atoms with van der Waals surface area (Å²) in [6.07, 6.45) is 0. The van der Waals surface area contributed by atoms with Gasteiger partial charge in [-0.15, -0.1) is 0 Å². The molecule has 0 radical (unpaired) electrons. The Balaban J connectivity index is 0.824. The summed E-state index contributed by atoms with van der Waals surface area (Å²) < 4.78 is 6.87. The Labute approximate surface area is 476 Å². The zero-order chi connectivity index (χ0) is 55.7. The van der Waals surface area contributed by atoms with Gasteiger partial charge in [0.05, 0.1) is 91.0 Å². The van der Waals surface area contributed by atoms with Crippen molar-refractivity contribution in [2.75, 3.05) is 0 Å². The zero-order valence-electron chi connectivity index (χ0n) is 44.2. The van der Waals surface area contributed by atoms with E-state index in [0.29, 0.717) is 56.3 Å². The van der Waals surface area contributed by atoms with Crippen molar-refractivity contribution < 1.29 is 0 Å². The quantitative estimate of drug-likeness (QED) is 0.149. The predicted octanol–water partition coefficient (Wildman–Crippen LogP) is 17.6. The smallest absolute Gasteiger partial charge is 0.160 e. The summed E-state index contributed by atoms with van der Waals surface area (Å²) >= 11 is 0. The molecule has 0 aliphatic carbocycles. The second-order valence-corrected chi connectivity index (χ2v) is 20.6. The second-order valence-electron chi connectivity index (χ2n) is 20.6. The van der Waals surface area contributed by atoms with Gasteiger partial charge in [0.1, 0.15) is 0 Å². The number of aromatic nitrogens is 5. The molecule has 0 aliphatic rings. The van der Waals surface area contributed by atoms with E-state index in [9.17, 15) is 21.0 Å². The standard InChI is InChI=1S/C74H41N9/c75-42-46-11-9-13-52(35-46)66-41-65(79-74(80-66)53-14-10-12-47(36-53)43-76)50-27-23-48(24-28-50)49-25-29-51(30-26-49)73-54(44-77)37-58(38-55(73)45-78)83-71-33-31-56(81-67-19-5-1-15-59(67)60-16-2-6-20-68(60)81)39-63(71)64-40-57(32-34-72(64)83)82-69-21-7-3-17-61(69)62-18-4-8-22-70(62)82/h1-41H. The Kier molecular flexibility index (Phi) is 11.2. The number of rotatable bonds is 8. The predicted molar refractivity (Wildman–Crippen MR) is 331 cm³/mol. The van der Waals surface area contributed by atoms with Crippen LogP contribution in [0.15, 0.2) is 249 Å². The first-order valence-corrected chi connectivity index (χ1v) is 27.1. The van der Waals surface area contributed by atoms with Gasteiger partial charge in [-0.1, -0.05) is 146 Å².